The molecule has 4 aromatic rings. The number of furan rings is 1. The first kappa shape index (κ1) is 30.9. The van der Waals surface area contributed by atoms with Crippen LogP contribution in [0.3, 0.4) is 0 Å². The normalized spacial score (nSPS) is 12.7. The van der Waals surface area contributed by atoms with Gasteiger partial charge in [0.25, 0.3) is 0 Å². The topological polar surface area (TPSA) is 129 Å². The molecule has 0 spiro atoms. The Morgan fingerprint density at radius 3 is 2.59 bits per heavy atom. The Bertz CT molecular complexity index is 1360. The van der Waals surface area contributed by atoms with Crippen molar-refractivity contribution in [3.8, 4) is 11.5 Å². The summed E-state index contributed by atoms with van der Waals surface area (Å²) in [6, 6.07) is 10.2. The van der Waals surface area contributed by atoms with Crippen LogP contribution in [-0.2, 0) is 17.0 Å². The van der Waals surface area contributed by atoms with Gasteiger partial charge in [-0.15, -0.1) is 0 Å². The molecule has 4 rings (SSSR count). The molecule has 0 aliphatic rings. The SMILES string of the molecule is CCC(O)(c1cc(F)cc(OCc2ccc(/C(=C\C(=O)O)c3ccoc3)c(O)c2)c1)c1ncc[nH]1.[NaH].[NaH]. The van der Waals surface area contributed by atoms with E-state index in [4.69, 9.17) is 9.15 Å². The van der Waals surface area contributed by atoms with E-state index in [-0.39, 0.29) is 94.8 Å². The number of carbonyl (C=O) groups is 1. The Balaban J connectivity index is 0.00000241. The van der Waals surface area contributed by atoms with Gasteiger partial charge in [-0.05, 0) is 41.8 Å². The fourth-order valence-corrected chi connectivity index (χ4v) is 3.80. The van der Waals surface area contributed by atoms with Crippen LogP contribution in [0.1, 0.15) is 41.4 Å². The van der Waals surface area contributed by atoms with Crippen molar-refractivity contribution in [1.82, 2.24) is 9.97 Å². The third-order valence-corrected chi connectivity index (χ3v) is 5.61. The van der Waals surface area contributed by atoms with Gasteiger partial charge in [0, 0.05) is 41.2 Å². The zero-order valence-corrected chi connectivity index (χ0v) is 18.7. The number of aromatic amines is 1. The number of ether oxygens (including phenoxy) is 1. The monoisotopic (exact) mass is 526 g/mol. The molecule has 0 amide bonds. The van der Waals surface area contributed by atoms with Gasteiger partial charge in [0.05, 0.1) is 12.5 Å². The molecule has 1 atom stereocenters. The number of aromatic nitrogens is 2. The number of phenolic OH excluding ortho intramolecular Hbond substituents is 1. The fraction of sp³-hybridized carbons (Fsp3) is 0.154. The number of hydrogen-bond acceptors (Lipinski definition) is 6. The Labute approximate surface area is 256 Å². The molecule has 4 N–H and O–H groups in total. The van der Waals surface area contributed by atoms with Crippen molar-refractivity contribution in [1.29, 1.82) is 0 Å². The van der Waals surface area contributed by atoms with Gasteiger partial charge in [0.2, 0.25) is 0 Å². The van der Waals surface area contributed by atoms with Gasteiger partial charge in [-0.25, -0.2) is 14.2 Å². The second-order valence-corrected chi connectivity index (χ2v) is 7.88. The molecule has 2 aromatic heterocycles. The summed E-state index contributed by atoms with van der Waals surface area (Å²) < 4.78 is 25.2. The van der Waals surface area contributed by atoms with Gasteiger partial charge in [0.1, 0.15) is 35.3 Å². The van der Waals surface area contributed by atoms with Gasteiger partial charge >= 0.3 is 65.1 Å². The zero-order chi connectivity index (χ0) is 25.0. The number of hydrogen-bond donors (Lipinski definition) is 4. The summed E-state index contributed by atoms with van der Waals surface area (Å²) in [6.45, 7) is 1.75. The number of phenols is 1. The van der Waals surface area contributed by atoms with E-state index in [2.05, 4.69) is 9.97 Å². The first-order valence-corrected chi connectivity index (χ1v) is 10.8. The summed E-state index contributed by atoms with van der Waals surface area (Å²) in [7, 11) is 0. The van der Waals surface area contributed by atoms with Gasteiger partial charge < -0.3 is 29.5 Å². The summed E-state index contributed by atoms with van der Waals surface area (Å²) in [5.41, 5.74) is 0.407. The predicted molar refractivity (Wildman–Crippen MR) is 138 cm³/mol. The number of aromatic hydroxyl groups is 1. The van der Waals surface area contributed by atoms with Crippen LogP contribution in [-0.4, -0.2) is 90.4 Å². The molecule has 0 aliphatic carbocycles. The maximum absolute atomic E-state index is 14.4. The van der Waals surface area contributed by atoms with Crippen molar-refractivity contribution in [3.05, 3.63) is 107 Å². The molecular formula is C26H25FN2Na2O6. The number of imidazole rings is 1. The molecule has 0 radical (unpaired) electrons. The second-order valence-electron chi connectivity index (χ2n) is 7.88. The van der Waals surface area contributed by atoms with Crippen LogP contribution in [0.4, 0.5) is 4.39 Å². The molecule has 184 valence electrons. The minimum absolute atomic E-state index is 0. The van der Waals surface area contributed by atoms with Gasteiger partial charge in [-0.3, -0.25) is 0 Å². The predicted octanol–water partition coefficient (Wildman–Crippen LogP) is 3.29. The Morgan fingerprint density at radius 2 is 2.00 bits per heavy atom. The third kappa shape index (κ3) is 7.14. The van der Waals surface area contributed by atoms with E-state index in [0.717, 1.165) is 6.08 Å². The number of nitrogens with zero attached hydrogens (tertiary/aromatic N) is 1. The number of rotatable bonds is 9. The fourth-order valence-electron chi connectivity index (χ4n) is 3.80. The first-order valence-electron chi connectivity index (χ1n) is 10.8. The number of aliphatic hydroxyl groups is 1. The van der Waals surface area contributed by atoms with E-state index < -0.39 is 17.4 Å². The summed E-state index contributed by atoms with van der Waals surface area (Å²) in [4.78, 5) is 18.3. The molecule has 1 unspecified atom stereocenters. The van der Waals surface area contributed by atoms with Gasteiger partial charge in [-0.2, -0.15) is 0 Å². The molecule has 0 saturated heterocycles. The molecule has 2 heterocycles. The second kappa shape index (κ2) is 13.4. The van der Waals surface area contributed by atoms with E-state index in [1.54, 1.807) is 31.3 Å². The van der Waals surface area contributed by atoms with Crippen LogP contribution >= 0.6 is 0 Å². The Hall–Kier alpha value is -2.37. The summed E-state index contributed by atoms with van der Waals surface area (Å²) in [6.07, 6.45) is 7.11. The first-order chi connectivity index (χ1) is 16.8. The van der Waals surface area contributed by atoms with Crippen LogP contribution in [0.25, 0.3) is 5.57 Å². The van der Waals surface area contributed by atoms with Crippen LogP contribution in [0, 0.1) is 5.82 Å². The number of halogens is 1. The number of H-pyrrole nitrogens is 1. The molecule has 37 heavy (non-hydrogen) atoms. The standard InChI is InChI=1S/C26H23FN2O6.2Na.2H/c1-2-26(33,25-28-6-7-29-25)18-10-19(27)12-20(11-18)35-14-16-3-4-21(23(30)9-16)22(13-24(31)32)17-5-8-34-15-17;;;;/h3-13,15,30,33H,2,14H2,1H3,(H,28,29)(H,31,32);;;;/b22-13-;;;;. The molecular weight excluding hydrogens is 501 g/mol. The molecule has 2 aromatic carbocycles. The van der Waals surface area contributed by atoms with E-state index in [9.17, 15) is 24.5 Å². The average molecular weight is 526 g/mol. The average Bonchev–Trinajstić information content (AvgIpc) is 3.55. The molecule has 8 nitrogen and oxygen atoms in total. The Kier molecular flexibility index (Phi) is 11.2. The summed E-state index contributed by atoms with van der Waals surface area (Å²) in [5, 5.41) is 30.9. The number of aliphatic carboxylic acids is 1. The van der Waals surface area contributed by atoms with Crippen LogP contribution in [0.15, 0.2) is 77.9 Å². The number of benzene rings is 2. The van der Waals surface area contributed by atoms with Crippen LogP contribution < -0.4 is 4.74 Å². The van der Waals surface area contributed by atoms with Gasteiger partial charge in [0.15, 0.2) is 0 Å². The van der Waals surface area contributed by atoms with Crippen molar-refractivity contribution in [2.45, 2.75) is 25.6 Å². The van der Waals surface area contributed by atoms with Gasteiger partial charge in [-0.1, -0.05) is 19.1 Å². The summed E-state index contributed by atoms with van der Waals surface area (Å²) in [5.74, 6) is -1.43. The number of carboxylic acid groups (broad SMARTS) is 1. The summed E-state index contributed by atoms with van der Waals surface area (Å²) >= 11 is 0. The number of carboxylic acids is 1. The molecule has 11 heteroatoms. The van der Waals surface area contributed by atoms with Crippen molar-refractivity contribution in [2.24, 2.45) is 0 Å². The molecule has 0 bridgehead atoms. The van der Waals surface area contributed by atoms with Crippen LogP contribution in [0.2, 0.25) is 0 Å². The quantitative estimate of drug-likeness (QED) is 0.195. The van der Waals surface area contributed by atoms with E-state index in [0.29, 0.717) is 22.5 Å². The minimum atomic E-state index is -1.52. The molecule has 0 aliphatic heterocycles. The van der Waals surface area contributed by atoms with Crippen LogP contribution in [0.5, 0.6) is 11.5 Å². The van der Waals surface area contributed by atoms with Crippen molar-refractivity contribution >= 4 is 70.7 Å². The van der Waals surface area contributed by atoms with E-state index in [1.807, 2.05) is 0 Å². The zero-order valence-electron chi connectivity index (χ0n) is 18.7. The van der Waals surface area contributed by atoms with Crippen molar-refractivity contribution in [3.63, 3.8) is 0 Å². The number of nitrogens with one attached hydrogen (secondary N) is 1. The third-order valence-electron chi connectivity index (χ3n) is 5.61. The Morgan fingerprint density at radius 1 is 1.22 bits per heavy atom. The van der Waals surface area contributed by atoms with E-state index in [1.165, 1.54) is 43.0 Å². The molecule has 0 saturated carbocycles. The maximum atomic E-state index is 14.4. The van der Waals surface area contributed by atoms with Crippen molar-refractivity contribution < 1.29 is 33.7 Å². The molecule has 0 fully saturated rings. The van der Waals surface area contributed by atoms with E-state index >= 15 is 0 Å². The van der Waals surface area contributed by atoms with Crippen molar-refractivity contribution in [2.75, 3.05) is 0 Å².